The standard InChI is InChI=1S/C15H21FN2O4S/c1-11(22-14-6-4-3-5-13(14)16)9-17-15(19)18-8-7-12(10-18)23(2,20)21/h3-6,11-12H,7-10H2,1-2H3,(H,17,19)/t11-,12+/m1/s1. The van der Waals surface area contributed by atoms with E-state index in [9.17, 15) is 17.6 Å². The molecule has 0 spiro atoms. The van der Waals surface area contributed by atoms with E-state index in [2.05, 4.69) is 5.32 Å². The van der Waals surface area contributed by atoms with E-state index in [1.165, 1.54) is 23.3 Å². The summed E-state index contributed by atoms with van der Waals surface area (Å²) in [6.07, 6.45) is 1.22. The number of sulfone groups is 1. The molecule has 1 N–H and O–H groups in total. The van der Waals surface area contributed by atoms with Gasteiger partial charge in [0.25, 0.3) is 0 Å². The lowest BCUT2D eigenvalue weighted by Crippen LogP contribution is -2.43. The Morgan fingerprint density at radius 3 is 2.78 bits per heavy atom. The maximum atomic E-state index is 13.5. The van der Waals surface area contributed by atoms with Crippen molar-refractivity contribution in [3.8, 4) is 5.75 Å². The van der Waals surface area contributed by atoms with Crippen molar-refractivity contribution in [2.75, 3.05) is 25.9 Å². The molecule has 0 aromatic heterocycles. The van der Waals surface area contributed by atoms with Crippen molar-refractivity contribution in [1.29, 1.82) is 0 Å². The van der Waals surface area contributed by atoms with Gasteiger partial charge in [-0.1, -0.05) is 12.1 Å². The Labute approximate surface area is 135 Å². The largest absolute Gasteiger partial charge is 0.486 e. The zero-order valence-electron chi connectivity index (χ0n) is 13.2. The van der Waals surface area contributed by atoms with Crippen LogP contribution in [0.4, 0.5) is 9.18 Å². The Morgan fingerprint density at radius 2 is 2.17 bits per heavy atom. The van der Waals surface area contributed by atoms with Gasteiger partial charge in [0, 0.05) is 19.3 Å². The highest BCUT2D eigenvalue weighted by molar-refractivity contribution is 7.91. The van der Waals surface area contributed by atoms with Crippen molar-refractivity contribution in [2.45, 2.75) is 24.7 Å². The number of carbonyl (C=O) groups excluding carboxylic acids is 1. The summed E-state index contributed by atoms with van der Waals surface area (Å²) >= 11 is 0. The molecular weight excluding hydrogens is 323 g/mol. The number of hydrogen-bond donors (Lipinski definition) is 1. The third-order valence-electron chi connectivity index (χ3n) is 3.74. The Balaban J connectivity index is 1.80. The van der Waals surface area contributed by atoms with Crippen LogP contribution in [0.3, 0.4) is 0 Å². The summed E-state index contributed by atoms with van der Waals surface area (Å²) in [5, 5.41) is 2.18. The van der Waals surface area contributed by atoms with E-state index < -0.39 is 27.0 Å². The highest BCUT2D eigenvalue weighted by atomic mass is 32.2. The van der Waals surface area contributed by atoms with Crippen LogP contribution in [0.5, 0.6) is 5.75 Å². The molecule has 1 aromatic rings. The van der Waals surface area contributed by atoms with E-state index in [1.807, 2.05) is 0 Å². The van der Waals surface area contributed by atoms with Gasteiger partial charge in [0.1, 0.15) is 6.10 Å². The quantitative estimate of drug-likeness (QED) is 0.877. The van der Waals surface area contributed by atoms with Crippen LogP contribution in [-0.2, 0) is 9.84 Å². The predicted molar refractivity (Wildman–Crippen MR) is 84.7 cm³/mol. The smallest absolute Gasteiger partial charge is 0.317 e. The number of ether oxygens (including phenoxy) is 1. The van der Waals surface area contributed by atoms with Crippen molar-refractivity contribution >= 4 is 15.9 Å². The molecule has 1 aromatic carbocycles. The number of hydrogen-bond acceptors (Lipinski definition) is 4. The van der Waals surface area contributed by atoms with E-state index in [0.717, 1.165) is 0 Å². The number of rotatable bonds is 5. The van der Waals surface area contributed by atoms with E-state index in [-0.39, 0.29) is 24.9 Å². The fraction of sp³-hybridized carbons (Fsp3) is 0.533. The molecule has 8 heteroatoms. The molecule has 2 amide bonds. The molecular formula is C15H21FN2O4S. The number of halogens is 1. The summed E-state index contributed by atoms with van der Waals surface area (Å²) in [5.74, 6) is -0.325. The van der Waals surface area contributed by atoms with E-state index in [0.29, 0.717) is 13.0 Å². The number of urea groups is 1. The average molecular weight is 344 g/mol. The van der Waals surface area contributed by atoms with Crippen molar-refractivity contribution in [2.24, 2.45) is 0 Å². The number of carbonyl (C=O) groups is 1. The third kappa shape index (κ3) is 4.82. The first-order valence-corrected chi connectivity index (χ1v) is 9.35. The molecule has 1 aliphatic heterocycles. The van der Waals surface area contributed by atoms with Crippen LogP contribution in [0, 0.1) is 5.82 Å². The van der Waals surface area contributed by atoms with Crippen LogP contribution in [0.2, 0.25) is 0 Å². The second-order valence-corrected chi connectivity index (χ2v) is 8.06. The molecule has 1 aliphatic rings. The summed E-state index contributed by atoms with van der Waals surface area (Å²) in [7, 11) is -3.13. The van der Waals surface area contributed by atoms with E-state index in [4.69, 9.17) is 4.74 Å². The molecule has 1 fully saturated rings. The van der Waals surface area contributed by atoms with Crippen LogP contribution in [0.1, 0.15) is 13.3 Å². The molecule has 2 atom stereocenters. The molecule has 0 aliphatic carbocycles. The first kappa shape index (κ1) is 17.5. The normalized spacial score (nSPS) is 19.4. The molecule has 0 radical (unpaired) electrons. The van der Waals surface area contributed by atoms with Gasteiger partial charge in [-0.05, 0) is 25.5 Å². The fourth-order valence-electron chi connectivity index (χ4n) is 2.40. The molecule has 128 valence electrons. The Hall–Kier alpha value is -1.83. The second-order valence-electron chi connectivity index (χ2n) is 5.73. The van der Waals surface area contributed by atoms with Crippen molar-refractivity contribution in [3.05, 3.63) is 30.1 Å². The molecule has 2 rings (SSSR count). The highest BCUT2D eigenvalue weighted by Gasteiger charge is 2.32. The molecule has 23 heavy (non-hydrogen) atoms. The van der Waals surface area contributed by atoms with Gasteiger partial charge < -0.3 is 15.0 Å². The summed E-state index contributed by atoms with van der Waals surface area (Å²) in [4.78, 5) is 13.5. The maximum Gasteiger partial charge on any atom is 0.317 e. The fourth-order valence-corrected chi connectivity index (χ4v) is 3.39. The van der Waals surface area contributed by atoms with Gasteiger partial charge in [-0.3, -0.25) is 0 Å². The number of nitrogens with zero attached hydrogens (tertiary/aromatic N) is 1. The number of para-hydroxylation sites is 1. The van der Waals surface area contributed by atoms with Gasteiger partial charge in [0.2, 0.25) is 0 Å². The van der Waals surface area contributed by atoms with Crippen LogP contribution in [-0.4, -0.2) is 56.6 Å². The van der Waals surface area contributed by atoms with Crippen molar-refractivity contribution in [3.63, 3.8) is 0 Å². The van der Waals surface area contributed by atoms with Gasteiger partial charge >= 0.3 is 6.03 Å². The van der Waals surface area contributed by atoms with Crippen LogP contribution >= 0.6 is 0 Å². The second kappa shape index (κ2) is 7.16. The lowest BCUT2D eigenvalue weighted by molar-refractivity contribution is 0.186. The Bertz CT molecular complexity index is 665. The number of nitrogens with one attached hydrogen (secondary N) is 1. The molecule has 6 nitrogen and oxygen atoms in total. The number of likely N-dealkylation sites (tertiary alicyclic amines) is 1. The molecule has 0 saturated carbocycles. The van der Waals surface area contributed by atoms with Gasteiger partial charge in [0.15, 0.2) is 21.4 Å². The van der Waals surface area contributed by atoms with Crippen LogP contribution < -0.4 is 10.1 Å². The molecule has 0 bridgehead atoms. The predicted octanol–water partition coefficient (Wildman–Crippen LogP) is 1.42. The van der Waals surface area contributed by atoms with Gasteiger partial charge in [-0.2, -0.15) is 0 Å². The van der Waals surface area contributed by atoms with Gasteiger partial charge in [-0.25, -0.2) is 17.6 Å². The van der Waals surface area contributed by atoms with Crippen molar-refractivity contribution < 1.29 is 22.3 Å². The summed E-state index contributed by atoms with van der Waals surface area (Å²) in [5.41, 5.74) is 0. The van der Waals surface area contributed by atoms with E-state index >= 15 is 0 Å². The van der Waals surface area contributed by atoms with Gasteiger partial charge in [-0.15, -0.1) is 0 Å². The highest BCUT2D eigenvalue weighted by Crippen LogP contribution is 2.17. The summed E-state index contributed by atoms with van der Waals surface area (Å²) in [6.45, 7) is 2.53. The first-order valence-electron chi connectivity index (χ1n) is 7.40. The lowest BCUT2D eigenvalue weighted by atomic mass is 10.3. The molecule has 1 heterocycles. The van der Waals surface area contributed by atoms with Crippen LogP contribution in [0.25, 0.3) is 0 Å². The van der Waals surface area contributed by atoms with Crippen LogP contribution in [0.15, 0.2) is 24.3 Å². The summed E-state index contributed by atoms with van der Waals surface area (Å²) in [6, 6.07) is 5.72. The minimum absolute atomic E-state index is 0.132. The lowest BCUT2D eigenvalue weighted by Gasteiger charge is -2.20. The Morgan fingerprint density at radius 1 is 1.48 bits per heavy atom. The molecule has 0 unspecified atom stereocenters. The zero-order chi connectivity index (χ0) is 17.0. The van der Waals surface area contributed by atoms with Crippen molar-refractivity contribution in [1.82, 2.24) is 10.2 Å². The SMILES string of the molecule is C[C@H](CNC(=O)N1CC[C@H](S(C)(=O)=O)C1)Oc1ccccc1F. The minimum Gasteiger partial charge on any atom is -0.486 e. The number of benzene rings is 1. The van der Waals surface area contributed by atoms with Gasteiger partial charge in [0.05, 0.1) is 11.8 Å². The molecule has 1 saturated heterocycles. The minimum atomic E-state index is -3.13. The third-order valence-corrected chi connectivity index (χ3v) is 5.34. The zero-order valence-corrected chi connectivity index (χ0v) is 14.0. The average Bonchev–Trinajstić information content (AvgIpc) is 2.97. The topological polar surface area (TPSA) is 75.7 Å². The monoisotopic (exact) mass is 344 g/mol. The summed E-state index contributed by atoms with van der Waals surface area (Å²) < 4.78 is 41.9. The Kier molecular flexibility index (Phi) is 5.46. The maximum absolute atomic E-state index is 13.5. The number of amides is 2. The first-order chi connectivity index (χ1) is 10.8. The van der Waals surface area contributed by atoms with E-state index in [1.54, 1.807) is 19.1 Å².